The van der Waals surface area contributed by atoms with Gasteiger partial charge >= 0.3 is 0 Å². The lowest BCUT2D eigenvalue weighted by Gasteiger charge is -2.06. The predicted molar refractivity (Wildman–Crippen MR) is 69.5 cm³/mol. The predicted octanol–water partition coefficient (Wildman–Crippen LogP) is 0.578. The average Bonchev–Trinajstić information content (AvgIpc) is 2.92. The number of nitrogens with zero attached hydrogens (tertiary/aromatic N) is 5. The normalized spacial score (nSPS) is 10.7. The van der Waals surface area contributed by atoms with E-state index in [1.54, 1.807) is 11.0 Å². The highest BCUT2D eigenvalue weighted by Crippen LogP contribution is 2.11. The van der Waals surface area contributed by atoms with Gasteiger partial charge in [-0.3, -0.25) is 9.48 Å². The van der Waals surface area contributed by atoms with Crippen molar-refractivity contribution in [3.05, 3.63) is 29.1 Å². The molecule has 7 nitrogen and oxygen atoms in total. The first-order valence-electron chi connectivity index (χ1n) is 6.19. The molecule has 0 radical (unpaired) electrons. The number of hydrogen-bond donors (Lipinski definition) is 1. The fourth-order valence-electron chi connectivity index (χ4n) is 2.03. The molecule has 0 aromatic carbocycles. The molecule has 0 unspecified atom stereocenters. The summed E-state index contributed by atoms with van der Waals surface area (Å²) in [6, 6.07) is 0. The molecule has 0 aliphatic carbocycles. The molecule has 1 N–H and O–H groups in total. The number of nitrogens with one attached hydrogen (secondary N) is 1. The first-order chi connectivity index (χ1) is 9.04. The second-order valence-electron chi connectivity index (χ2n) is 4.39. The number of carbonyl (C=O) groups excluding carboxylic acids is 1. The minimum Gasteiger partial charge on any atom is -0.345 e. The third kappa shape index (κ3) is 2.49. The Labute approximate surface area is 111 Å². The fraction of sp³-hybridized carbons (Fsp3) is 0.500. The van der Waals surface area contributed by atoms with E-state index in [1.807, 2.05) is 32.4 Å². The van der Waals surface area contributed by atoms with E-state index in [0.717, 1.165) is 23.8 Å². The summed E-state index contributed by atoms with van der Waals surface area (Å²) >= 11 is 0. The molecular weight excluding hydrogens is 244 g/mol. The molecular formula is C12H18N6O. The van der Waals surface area contributed by atoms with Crippen LogP contribution in [0.25, 0.3) is 0 Å². The van der Waals surface area contributed by atoms with Crippen LogP contribution >= 0.6 is 0 Å². The third-order valence-corrected chi connectivity index (χ3v) is 3.18. The molecule has 2 heterocycles. The number of rotatable bonds is 4. The standard InChI is InChI=1S/C12H18N6O/c1-5-18-7-14-15-10(18)6-13-12(19)11-8(2)16-17(4)9(11)3/h7H,5-6H2,1-4H3,(H,13,19). The summed E-state index contributed by atoms with van der Waals surface area (Å²) in [6.45, 7) is 6.85. The van der Waals surface area contributed by atoms with Gasteiger partial charge in [-0.1, -0.05) is 0 Å². The zero-order valence-electron chi connectivity index (χ0n) is 11.6. The van der Waals surface area contributed by atoms with Crippen LogP contribution in [0.15, 0.2) is 6.33 Å². The Kier molecular flexibility index (Phi) is 3.64. The van der Waals surface area contributed by atoms with Gasteiger partial charge < -0.3 is 9.88 Å². The van der Waals surface area contributed by atoms with Crippen molar-refractivity contribution >= 4 is 5.91 Å². The summed E-state index contributed by atoms with van der Waals surface area (Å²) in [5.41, 5.74) is 2.21. The minimum atomic E-state index is -0.131. The number of amides is 1. The summed E-state index contributed by atoms with van der Waals surface area (Å²) in [5, 5.41) is 14.9. The highest BCUT2D eigenvalue weighted by Gasteiger charge is 2.17. The SMILES string of the molecule is CCn1cnnc1CNC(=O)c1c(C)nn(C)c1C. The van der Waals surface area contributed by atoms with E-state index in [9.17, 15) is 4.79 Å². The maximum atomic E-state index is 12.2. The summed E-state index contributed by atoms with van der Waals surface area (Å²) in [5.74, 6) is 0.615. The van der Waals surface area contributed by atoms with Crippen LogP contribution in [0.3, 0.4) is 0 Å². The van der Waals surface area contributed by atoms with Crippen LogP contribution in [0.5, 0.6) is 0 Å². The Morgan fingerprint density at radius 3 is 2.74 bits per heavy atom. The van der Waals surface area contributed by atoms with Gasteiger partial charge in [-0.15, -0.1) is 10.2 Å². The topological polar surface area (TPSA) is 77.6 Å². The minimum absolute atomic E-state index is 0.131. The van der Waals surface area contributed by atoms with E-state index >= 15 is 0 Å². The van der Waals surface area contributed by atoms with E-state index in [0.29, 0.717) is 12.1 Å². The smallest absolute Gasteiger partial charge is 0.255 e. The molecule has 0 bridgehead atoms. The zero-order chi connectivity index (χ0) is 14.0. The van der Waals surface area contributed by atoms with Gasteiger partial charge in [0.2, 0.25) is 0 Å². The maximum absolute atomic E-state index is 12.2. The molecule has 0 fully saturated rings. The van der Waals surface area contributed by atoms with Crippen molar-refractivity contribution in [3.63, 3.8) is 0 Å². The molecule has 7 heteroatoms. The van der Waals surface area contributed by atoms with Gasteiger partial charge in [0.25, 0.3) is 5.91 Å². The molecule has 19 heavy (non-hydrogen) atoms. The van der Waals surface area contributed by atoms with Crippen LogP contribution < -0.4 is 5.32 Å². The molecule has 0 atom stereocenters. The van der Waals surface area contributed by atoms with Crippen molar-refractivity contribution in [1.82, 2.24) is 29.9 Å². The van der Waals surface area contributed by atoms with Crippen LogP contribution in [0.1, 0.15) is 34.5 Å². The van der Waals surface area contributed by atoms with Crippen LogP contribution in [0.2, 0.25) is 0 Å². The van der Waals surface area contributed by atoms with Crippen molar-refractivity contribution in [2.75, 3.05) is 0 Å². The van der Waals surface area contributed by atoms with Gasteiger partial charge in [0, 0.05) is 19.3 Å². The van der Waals surface area contributed by atoms with Crippen LogP contribution in [-0.4, -0.2) is 30.5 Å². The van der Waals surface area contributed by atoms with E-state index in [1.165, 1.54) is 0 Å². The Bertz CT molecular complexity index is 597. The van der Waals surface area contributed by atoms with E-state index in [4.69, 9.17) is 0 Å². The fourth-order valence-corrected chi connectivity index (χ4v) is 2.03. The van der Waals surface area contributed by atoms with Crippen LogP contribution in [0, 0.1) is 13.8 Å². The van der Waals surface area contributed by atoms with Gasteiger partial charge in [0.05, 0.1) is 17.8 Å². The van der Waals surface area contributed by atoms with Crippen molar-refractivity contribution in [1.29, 1.82) is 0 Å². The lowest BCUT2D eigenvalue weighted by molar-refractivity contribution is 0.0948. The highest BCUT2D eigenvalue weighted by atomic mass is 16.1. The van der Waals surface area contributed by atoms with Crippen molar-refractivity contribution in [2.45, 2.75) is 33.9 Å². The number of hydrogen-bond acceptors (Lipinski definition) is 4. The third-order valence-electron chi connectivity index (χ3n) is 3.18. The molecule has 2 aromatic heterocycles. The van der Waals surface area contributed by atoms with Crippen molar-refractivity contribution in [2.24, 2.45) is 7.05 Å². The Morgan fingerprint density at radius 1 is 1.42 bits per heavy atom. The molecule has 1 amide bonds. The van der Waals surface area contributed by atoms with Crippen LogP contribution in [0.4, 0.5) is 0 Å². The van der Waals surface area contributed by atoms with Gasteiger partial charge in [0.15, 0.2) is 5.82 Å². The average molecular weight is 262 g/mol. The molecule has 0 saturated heterocycles. The Morgan fingerprint density at radius 2 is 2.16 bits per heavy atom. The second kappa shape index (κ2) is 5.21. The number of carbonyl (C=O) groups is 1. The summed E-state index contributed by atoms with van der Waals surface area (Å²) < 4.78 is 3.60. The molecule has 2 aromatic rings. The van der Waals surface area contributed by atoms with Gasteiger partial charge in [-0.25, -0.2) is 0 Å². The molecule has 0 saturated carbocycles. The van der Waals surface area contributed by atoms with Crippen molar-refractivity contribution < 1.29 is 4.79 Å². The lowest BCUT2D eigenvalue weighted by atomic mass is 10.2. The van der Waals surface area contributed by atoms with Gasteiger partial charge in [-0.2, -0.15) is 5.10 Å². The monoisotopic (exact) mass is 262 g/mol. The lowest BCUT2D eigenvalue weighted by Crippen LogP contribution is -2.25. The first kappa shape index (κ1) is 13.3. The molecule has 102 valence electrons. The molecule has 0 aliphatic heterocycles. The van der Waals surface area contributed by atoms with Gasteiger partial charge in [0.1, 0.15) is 6.33 Å². The van der Waals surface area contributed by atoms with Crippen LogP contribution in [-0.2, 0) is 20.1 Å². The van der Waals surface area contributed by atoms with E-state index < -0.39 is 0 Å². The Balaban J connectivity index is 2.10. The van der Waals surface area contributed by atoms with Crippen molar-refractivity contribution in [3.8, 4) is 0 Å². The largest absolute Gasteiger partial charge is 0.345 e. The maximum Gasteiger partial charge on any atom is 0.255 e. The Hall–Kier alpha value is -2.18. The first-order valence-corrected chi connectivity index (χ1v) is 6.19. The highest BCUT2D eigenvalue weighted by molar-refractivity contribution is 5.96. The number of aryl methyl sites for hydroxylation is 3. The van der Waals surface area contributed by atoms with Gasteiger partial charge in [-0.05, 0) is 20.8 Å². The number of aromatic nitrogens is 5. The zero-order valence-corrected chi connectivity index (χ0v) is 11.6. The quantitative estimate of drug-likeness (QED) is 0.874. The molecule has 0 aliphatic rings. The summed E-state index contributed by atoms with van der Waals surface area (Å²) in [4.78, 5) is 12.2. The van der Waals surface area contributed by atoms with E-state index in [2.05, 4.69) is 20.6 Å². The molecule has 2 rings (SSSR count). The summed E-state index contributed by atoms with van der Waals surface area (Å²) in [7, 11) is 1.83. The second-order valence-corrected chi connectivity index (χ2v) is 4.39. The molecule has 0 spiro atoms. The van der Waals surface area contributed by atoms with E-state index in [-0.39, 0.29) is 5.91 Å². The summed E-state index contributed by atoms with van der Waals surface area (Å²) in [6.07, 6.45) is 1.65.